The summed E-state index contributed by atoms with van der Waals surface area (Å²) in [7, 11) is -3.12. The third-order valence-electron chi connectivity index (χ3n) is 2.28. The minimum absolute atomic E-state index is 0.0365. The number of aliphatic hydroxyl groups excluding tert-OH is 1. The van der Waals surface area contributed by atoms with Crippen molar-refractivity contribution in [2.45, 2.75) is 32.3 Å². The maximum atomic E-state index is 12.0. The first-order chi connectivity index (χ1) is 7.10. The van der Waals surface area contributed by atoms with Crippen molar-refractivity contribution in [1.29, 1.82) is 0 Å². The zero-order valence-corrected chi connectivity index (χ0v) is 10.2. The van der Waals surface area contributed by atoms with Gasteiger partial charge in [0.05, 0.1) is 25.4 Å². The molecule has 0 aliphatic heterocycles. The largest absolute Gasteiger partial charge is 0.393 e. The van der Waals surface area contributed by atoms with Crippen molar-refractivity contribution in [2.24, 2.45) is 0 Å². The predicted octanol–water partition coefficient (Wildman–Crippen LogP) is 1.75. The van der Waals surface area contributed by atoms with Gasteiger partial charge in [0.2, 0.25) is 0 Å². The zero-order valence-electron chi connectivity index (χ0n) is 9.27. The van der Waals surface area contributed by atoms with Crippen LogP contribution in [0.2, 0.25) is 0 Å². The summed E-state index contributed by atoms with van der Waals surface area (Å²) < 4.78 is 27.5. The lowest BCUT2D eigenvalue weighted by molar-refractivity contribution is 0.00622. The first-order valence-corrected chi connectivity index (χ1v) is 6.95. The van der Waals surface area contributed by atoms with Gasteiger partial charge in [0.25, 0.3) is 0 Å². The van der Waals surface area contributed by atoms with Gasteiger partial charge in [-0.2, -0.15) is 0 Å². The molecule has 1 rings (SSSR count). The van der Waals surface area contributed by atoms with E-state index in [1.165, 1.54) is 0 Å². The second kappa shape index (κ2) is 5.41. The molecule has 0 amide bonds. The lowest BCUT2D eigenvalue weighted by atomic mass is 10.4. The van der Waals surface area contributed by atoms with Gasteiger partial charge >= 0.3 is 7.60 Å². The second-order valence-electron chi connectivity index (χ2n) is 3.56. The fourth-order valence-electron chi connectivity index (χ4n) is 1.21. The summed E-state index contributed by atoms with van der Waals surface area (Å²) in [5.41, 5.74) is -0.482. The van der Waals surface area contributed by atoms with Gasteiger partial charge in [-0.3, -0.25) is 4.57 Å². The van der Waals surface area contributed by atoms with Gasteiger partial charge in [-0.25, -0.2) is 0 Å². The van der Waals surface area contributed by atoms with E-state index in [1.54, 1.807) is 13.8 Å². The molecule has 5 nitrogen and oxygen atoms in total. The number of hydrogen-bond donors (Lipinski definition) is 1. The molecule has 1 aliphatic rings. The van der Waals surface area contributed by atoms with Crippen LogP contribution < -0.4 is 0 Å². The molecule has 0 heterocycles. The van der Waals surface area contributed by atoms with E-state index in [0.29, 0.717) is 13.2 Å². The maximum Gasteiger partial charge on any atom is 0.356 e. The van der Waals surface area contributed by atoms with E-state index in [0.717, 1.165) is 12.8 Å². The summed E-state index contributed by atoms with van der Waals surface area (Å²) in [6, 6.07) is 0. The molecular formula is C9H19O5P. The van der Waals surface area contributed by atoms with Gasteiger partial charge in [0, 0.05) is 0 Å². The minimum Gasteiger partial charge on any atom is -0.393 e. The highest BCUT2D eigenvalue weighted by molar-refractivity contribution is 7.53. The van der Waals surface area contributed by atoms with Gasteiger partial charge in [0.1, 0.15) is 6.35 Å². The Kier molecular flexibility index (Phi) is 4.74. The second-order valence-corrected chi connectivity index (χ2v) is 5.56. The van der Waals surface area contributed by atoms with E-state index in [-0.39, 0.29) is 13.0 Å². The molecule has 0 bridgehead atoms. The van der Waals surface area contributed by atoms with Gasteiger partial charge in [-0.1, -0.05) is 0 Å². The SMILES string of the molecule is CCOP(=O)(COC1(CO)CC1)OCC. The average molecular weight is 238 g/mol. The predicted molar refractivity (Wildman–Crippen MR) is 55.9 cm³/mol. The number of aliphatic hydroxyl groups is 1. The van der Waals surface area contributed by atoms with Crippen molar-refractivity contribution in [1.82, 2.24) is 0 Å². The summed E-state index contributed by atoms with van der Waals surface area (Å²) in [4.78, 5) is 0. The van der Waals surface area contributed by atoms with E-state index >= 15 is 0 Å². The van der Waals surface area contributed by atoms with Crippen LogP contribution in [0.3, 0.4) is 0 Å². The van der Waals surface area contributed by atoms with Crippen LogP contribution in [0.5, 0.6) is 0 Å². The Hall–Kier alpha value is 0.0700. The molecule has 0 spiro atoms. The van der Waals surface area contributed by atoms with Crippen LogP contribution >= 0.6 is 7.60 Å². The molecule has 0 aromatic carbocycles. The highest BCUT2D eigenvalue weighted by Gasteiger charge is 2.45. The van der Waals surface area contributed by atoms with Crippen molar-refractivity contribution in [3.8, 4) is 0 Å². The van der Waals surface area contributed by atoms with Crippen LogP contribution in [0.25, 0.3) is 0 Å². The molecule has 0 radical (unpaired) electrons. The fourth-order valence-corrected chi connectivity index (χ4v) is 2.65. The maximum absolute atomic E-state index is 12.0. The quantitative estimate of drug-likeness (QED) is 0.652. The van der Waals surface area contributed by atoms with Crippen molar-refractivity contribution in [3.63, 3.8) is 0 Å². The van der Waals surface area contributed by atoms with Crippen LogP contribution in [0.1, 0.15) is 26.7 Å². The highest BCUT2D eigenvalue weighted by atomic mass is 31.2. The van der Waals surface area contributed by atoms with Crippen LogP contribution in [-0.4, -0.2) is 36.9 Å². The number of ether oxygens (including phenoxy) is 1. The van der Waals surface area contributed by atoms with Crippen molar-refractivity contribution in [3.05, 3.63) is 0 Å². The van der Waals surface area contributed by atoms with Gasteiger partial charge in [-0.15, -0.1) is 0 Å². The molecule has 0 aromatic rings. The monoisotopic (exact) mass is 238 g/mol. The lowest BCUT2D eigenvalue weighted by Crippen LogP contribution is -2.20. The smallest absolute Gasteiger partial charge is 0.356 e. The average Bonchev–Trinajstić information content (AvgIpc) is 2.97. The molecule has 0 aromatic heterocycles. The summed E-state index contributed by atoms with van der Waals surface area (Å²) in [6.07, 6.45) is 1.54. The topological polar surface area (TPSA) is 65.0 Å². The summed E-state index contributed by atoms with van der Waals surface area (Å²) in [5, 5.41) is 9.02. The Balaban J connectivity index is 2.41. The van der Waals surface area contributed by atoms with E-state index in [1.807, 2.05) is 0 Å². The van der Waals surface area contributed by atoms with Crippen molar-refractivity contribution < 1.29 is 23.5 Å². The molecule has 15 heavy (non-hydrogen) atoms. The standard InChI is InChI=1S/C9H19O5P/c1-3-13-15(11,14-4-2)8-12-9(7-10)5-6-9/h10H,3-8H2,1-2H3. The first-order valence-electron chi connectivity index (χ1n) is 5.23. The molecule has 1 fully saturated rings. The lowest BCUT2D eigenvalue weighted by Gasteiger charge is -2.20. The third-order valence-corrected chi connectivity index (χ3v) is 4.02. The van der Waals surface area contributed by atoms with Crippen molar-refractivity contribution >= 4 is 7.60 Å². The van der Waals surface area contributed by atoms with E-state index in [9.17, 15) is 4.57 Å². The fraction of sp³-hybridized carbons (Fsp3) is 1.00. The Morgan fingerprint density at radius 2 is 1.80 bits per heavy atom. The van der Waals surface area contributed by atoms with Crippen LogP contribution in [0.15, 0.2) is 0 Å². The zero-order chi connectivity index (χ0) is 11.4. The summed E-state index contributed by atoms with van der Waals surface area (Å²) in [6.45, 7) is 4.12. The molecule has 1 saturated carbocycles. The Morgan fingerprint density at radius 1 is 1.27 bits per heavy atom. The molecule has 1 aliphatic carbocycles. The van der Waals surface area contributed by atoms with Crippen LogP contribution in [0.4, 0.5) is 0 Å². The van der Waals surface area contributed by atoms with Gasteiger partial charge < -0.3 is 18.9 Å². The van der Waals surface area contributed by atoms with Gasteiger partial charge in [0.15, 0.2) is 0 Å². The summed E-state index contributed by atoms with van der Waals surface area (Å²) in [5.74, 6) is 0. The number of rotatable bonds is 8. The van der Waals surface area contributed by atoms with Gasteiger partial charge in [-0.05, 0) is 26.7 Å². The molecule has 1 N–H and O–H groups in total. The molecule has 0 unspecified atom stereocenters. The normalized spacial score (nSPS) is 19.1. The Morgan fingerprint density at radius 3 is 2.13 bits per heavy atom. The molecular weight excluding hydrogens is 219 g/mol. The molecule has 0 atom stereocenters. The van der Waals surface area contributed by atoms with Crippen LogP contribution in [-0.2, 0) is 18.3 Å². The molecule has 90 valence electrons. The Bertz CT molecular complexity index is 229. The Labute approximate surface area is 90.3 Å². The number of hydrogen-bond acceptors (Lipinski definition) is 5. The van der Waals surface area contributed by atoms with E-state index < -0.39 is 13.2 Å². The third kappa shape index (κ3) is 3.85. The van der Waals surface area contributed by atoms with E-state index in [4.69, 9.17) is 18.9 Å². The van der Waals surface area contributed by atoms with Crippen LogP contribution in [0, 0.1) is 0 Å². The summed E-state index contributed by atoms with van der Waals surface area (Å²) >= 11 is 0. The molecule has 6 heteroatoms. The molecule has 0 saturated heterocycles. The van der Waals surface area contributed by atoms with Crippen molar-refractivity contribution in [2.75, 3.05) is 26.2 Å². The first kappa shape index (κ1) is 13.1. The minimum atomic E-state index is -3.12. The highest BCUT2D eigenvalue weighted by Crippen LogP contribution is 2.51. The van der Waals surface area contributed by atoms with E-state index in [2.05, 4.69) is 0 Å².